The Hall–Kier alpha value is -3.10. The summed E-state index contributed by atoms with van der Waals surface area (Å²) in [5, 5.41) is 1.89. The van der Waals surface area contributed by atoms with Gasteiger partial charge >= 0.3 is 0 Å². The predicted octanol–water partition coefficient (Wildman–Crippen LogP) is 3.00. The van der Waals surface area contributed by atoms with Crippen LogP contribution in [0, 0.1) is 0 Å². The summed E-state index contributed by atoms with van der Waals surface area (Å²) in [6, 6.07) is 18.1. The Morgan fingerprint density at radius 3 is 2.29 bits per heavy atom. The number of methoxy groups -OCH3 is 2. The molecule has 0 bridgehead atoms. The van der Waals surface area contributed by atoms with Crippen LogP contribution in [0.3, 0.4) is 0 Å². The third kappa shape index (κ3) is 3.96. The van der Waals surface area contributed by atoms with Crippen LogP contribution in [0.25, 0.3) is 10.8 Å². The Morgan fingerprint density at radius 1 is 0.871 bits per heavy atom. The van der Waals surface area contributed by atoms with Crippen molar-refractivity contribution in [1.29, 1.82) is 0 Å². The first-order chi connectivity index (χ1) is 15.0. The molecule has 0 spiro atoms. The van der Waals surface area contributed by atoms with E-state index in [0.29, 0.717) is 24.4 Å². The van der Waals surface area contributed by atoms with Gasteiger partial charge in [-0.3, -0.25) is 4.79 Å². The van der Waals surface area contributed by atoms with E-state index >= 15 is 0 Å². The maximum atomic E-state index is 13.2. The smallest absolute Gasteiger partial charge is 0.254 e. The summed E-state index contributed by atoms with van der Waals surface area (Å²) in [5.74, 6) is 0.604. The van der Waals surface area contributed by atoms with Gasteiger partial charge in [-0.2, -0.15) is 4.31 Å². The van der Waals surface area contributed by atoms with Crippen LogP contribution < -0.4 is 9.47 Å². The molecule has 0 saturated carbocycles. The number of fused-ring (bicyclic) bond motifs is 1. The predicted molar refractivity (Wildman–Crippen MR) is 118 cm³/mol. The summed E-state index contributed by atoms with van der Waals surface area (Å²) in [7, 11) is -0.881. The molecule has 0 aliphatic carbocycles. The van der Waals surface area contributed by atoms with E-state index < -0.39 is 10.0 Å². The highest BCUT2D eigenvalue weighted by Gasteiger charge is 2.33. The largest absolute Gasteiger partial charge is 0.497 e. The first-order valence-electron chi connectivity index (χ1n) is 9.95. The Bertz CT molecular complexity index is 1210. The molecule has 1 saturated heterocycles. The topological polar surface area (TPSA) is 76.2 Å². The molecule has 31 heavy (non-hydrogen) atoms. The Kier molecular flexibility index (Phi) is 5.84. The van der Waals surface area contributed by atoms with Gasteiger partial charge in [0.1, 0.15) is 16.4 Å². The Labute approximate surface area is 181 Å². The molecule has 8 heteroatoms. The second-order valence-corrected chi connectivity index (χ2v) is 9.15. The molecule has 162 valence electrons. The zero-order chi connectivity index (χ0) is 22.0. The zero-order valence-corrected chi connectivity index (χ0v) is 18.3. The van der Waals surface area contributed by atoms with Gasteiger partial charge in [-0.05, 0) is 29.0 Å². The number of carbonyl (C=O) groups is 1. The molecule has 1 aliphatic heterocycles. The number of rotatable bonds is 5. The standard InChI is InChI=1S/C23H24N2O5S/c1-29-18-10-11-21(30-2)22(16-18)31(27,28)25-14-12-24(13-15-25)23(26)20-9-5-7-17-6-3-4-8-19(17)20/h3-11,16H,12-15H2,1-2H3. The van der Waals surface area contributed by atoms with E-state index in [1.54, 1.807) is 17.0 Å². The van der Waals surface area contributed by atoms with Crippen molar-refractivity contribution in [3.05, 3.63) is 66.2 Å². The highest BCUT2D eigenvalue weighted by atomic mass is 32.2. The molecular formula is C23H24N2O5S. The van der Waals surface area contributed by atoms with Crippen molar-refractivity contribution in [3.63, 3.8) is 0 Å². The average Bonchev–Trinajstić information content (AvgIpc) is 2.82. The highest BCUT2D eigenvalue weighted by Crippen LogP contribution is 2.31. The van der Waals surface area contributed by atoms with Gasteiger partial charge < -0.3 is 14.4 Å². The van der Waals surface area contributed by atoms with Crippen molar-refractivity contribution in [2.24, 2.45) is 0 Å². The first kappa shape index (κ1) is 21.1. The van der Waals surface area contributed by atoms with Gasteiger partial charge in [0, 0.05) is 37.8 Å². The molecule has 3 aromatic rings. The van der Waals surface area contributed by atoms with Crippen molar-refractivity contribution in [1.82, 2.24) is 9.21 Å². The minimum atomic E-state index is -3.80. The number of benzene rings is 3. The quantitative estimate of drug-likeness (QED) is 0.610. The fourth-order valence-electron chi connectivity index (χ4n) is 3.84. The maximum absolute atomic E-state index is 13.2. The van der Waals surface area contributed by atoms with E-state index in [1.165, 1.54) is 24.6 Å². The number of ether oxygens (including phenoxy) is 2. The van der Waals surface area contributed by atoms with Crippen LogP contribution in [0.4, 0.5) is 0 Å². The molecule has 3 aromatic carbocycles. The van der Waals surface area contributed by atoms with E-state index in [1.807, 2.05) is 42.5 Å². The summed E-state index contributed by atoms with van der Waals surface area (Å²) < 4.78 is 38.3. The van der Waals surface area contributed by atoms with E-state index in [2.05, 4.69) is 0 Å². The number of sulfonamides is 1. The van der Waals surface area contributed by atoms with Crippen LogP contribution in [0.1, 0.15) is 10.4 Å². The van der Waals surface area contributed by atoms with Crippen LogP contribution in [0.15, 0.2) is 65.6 Å². The normalized spacial score (nSPS) is 15.1. The van der Waals surface area contributed by atoms with Gasteiger partial charge in [-0.15, -0.1) is 0 Å². The second kappa shape index (κ2) is 8.56. The number of hydrogen-bond acceptors (Lipinski definition) is 5. The molecule has 1 amide bonds. The number of hydrogen-bond donors (Lipinski definition) is 0. The lowest BCUT2D eigenvalue weighted by molar-refractivity contribution is 0.0700. The third-order valence-electron chi connectivity index (χ3n) is 5.53. The second-order valence-electron chi connectivity index (χ2n) is 7.24. The fraction of sp³-hybridized carbons (Fsp3) is 0.261. The summed E-state index contributed by atoms with van der Waals surface area (Å²) in [6.07, 6.45) is 0. The van der Waals surface area contributed by atoms with Crippen LogP contribution in [-0.2, 0) is 10.0 Å². The summed E-state index contributed by atoms with van der Waals surface area (Å²) in [6.45, 7) is 1.04. The van der Waals surface area contributed by atoms with E-state index in [4.69, 9.17) is 9.47 Å². The van der Waals surface area contributed by atoms with Crippen molar-refractivity contribution in [3.8, 4) is 11.5 Å². The molecule has 1 heterocycles. The SMILES string of the molecule is COc1ccc(OC)c(S(=O)(=O)N2CCN(C(=O)c3cccc4ccccc34)CC2)c1. The molecule has 0 unspecified atom stereocenters. The number of amides is 1. The van der Waals surface area contributed by atoms with E-state index in [-0.39, 0.29) is 29.6 Å². The lowest BCUT2D eigenvalue weighted by Gasteiger charge is -2.34. The number of piperazine rings is 1. The Balaban J connectivity index is 1.54. The minimum absolute atomic E-state index is 0.0585. The first-order valence-corrected chi connectivity index (χ1v) is 11.4. The van der Waals surface area contributed by atoms with Crippen LogP contribution in [-0.4, -0.2) is 63.9 Å². The monoisotopic (exact) mass is 440 g/mol. The minimum Gasteiger partial charge on any atom is -0.497 e. The van der Waals surface area contributed by atoms with Gasteiger partial charge in [-0.1, -0.05) is 36.4 Å². The third-order valence-corrected chi connectivity index (χ3v) is 7.45. The zero-order valence-electron chi connectivity index (χ0n) is 17.4. The molecule has 0 atom stereocenters. The van der Waals surface area contributed by atoms with Crippen LogP contribution in [0.2, 0.25) is 0 Å². The maximum Gasteiger partial charge on any atom is 0.254 e. The molecule has 1 aliphatic rings. The molecule has 1 fully saturated rings. The lowest BCUT2D eigenvalue weighted by atomic mass is 10.0. The van der Waals surface area contributed by atoms with Gasteiger partial charge in [0.2, 0.25) is 10.0 Å². The van der Waals surface area contributed by atoms with Crippen LogP contribution in [0.5, 0.6) is 11.5 Å². The van der Waals surface area contributed by atoms with Crippen molar-refractivity contribution < 1.29 is 22.7 Å². The Morgan fingerprint density at radius 2 is 1.58 bits per heavy atom. The number of carbonyl (C=O) groups excluding carboxylic acids is 1. The molecule has 7 nitrogen and oxygen atoms in total. The summed E-state index contributed by atoms with van der Waals surface area (Å²) >= 11 is 0. The van der Waals surface area contributed by atoms with Crippen molar-refractivity contribution in [2.75, 3.05) is 40.4 Å². The van der Waals surface area contributed by atoms with Gasteiger partial charge in [0.05, 0.1) is 14.2 Å². The molecule has 0 N–H and O–H groups in total. The summed E-state index contributed by atoms with van der Waals surface area (Å²) in [5.41, 5.74) is 0.629. The van der Waals surface area contributed by atoms with Gasteiger partial charge in [-0.25, -0.2) is 8.42 Å². The van der Waals surface area contributed by atoms with Gasteiger partial charge in [0.15, 0.2) is 0 Å². The van der Waals surface area contributed by atoms with Gasteiger partial charge in [0.25, 0.3) is 5.91 Å². The van der Waals surface area contributed by atoms with Crippen molar-refractivity contribution >= 4 is 26.7 Å². The van der Waals surface area contributed by atoms with E-state index in [0.717, 1.165) is 10.8 Å². The number of nitrogens with zero attached hydrogens (tertiary/aromatic N) is 2. The van der Waals surface area contributed by atoms with Crippen molar-refractivity contribution in [2.45, 2.75) is 4.90 Å². The van der Waals surface area contributed by atoms with E-state index in [9.17, 15) is 13.2 Å². The average molecular weight is 441 g/mol. The van der Waals surface area contributed by atoms with Crippen LogP contribution >= 0.6 is 0 Å². The molecule has 4 rings (SSSR count). The lowest BCUT2D eigenvalue weighted by Crippen LogP contribution is -2.50. The highest BCUT2D eigenvalue weighted by molar-refractivity contribution is 7.89. The molecule has 0 radical (unpaired) electrons. The molecular weight excluding hydrogens is 416 g/mol. The molecule has 0 aromatic heterocycles. The fourth-order valence-corrected chi connectivity index (χ4v) is 5.43. The summed E-state index contributed by atoms with van der Waals surface area (Å²) in [4.78, 5) is 14.9.